The molecule has 43 heavy (non-hydrogen) atoms. The summed E-state index contributed by atoms with van der Waals surface area (Å²) >= 11 is 0. The van der Waals surface area contributed by atoms with E-state index in [9.17, 15) is 4.79 Å². The Labute approximate surface area is 253 Å². The van der Waals surface area contributed by atoms with E-state index in [1.165, 1.54) is 5.56 Å². The molecule has 1 N–H and O–H groups in total. The predicted molar refractivity (Wildman–Crippen MR) is 167 cm³/mol. The second kappa shape index (κ2) is 9.89. The number of cyclic esters (lactones) is 1. The predicted octanol–water partition coefficient (Wildman–Crippen LogP) is 5.53. The molecule has 6 heterocycles. The van der Waals surface area contributed by atoms with E-state index in [2.05, 4.69) is 74.1 Å². The van der Waals surface area contributed by atoms with Gasteiger partial charge in [0.15, 0.2) is 0 Å². The fourth-order valence-corrected chi connectivity index (χ4v) is 7.29. The summed E-state index contributed by atoms with van der Waals surface area (Å²) < 4.78 is 11.6. The van der Waals surface area contributed by atoms with Gasteiger partial charge in [0.25, 0.3) is 0 Å². The van der Waals surface area contributed by atoms with E-state index in [-0.39, 0.29) is 34.6 Å². The second-order valence-corrected chi connectivity index (χ2v) is 13.9. The maximum absolute atomic E-state index is 12.5. The largest absolute Gasteiger partial charge is 0.447 e. The highest BCUT2D eigenvalue weighted by molar-refractivity contribution is 5.89. The number of pyridine rings is 1. The lowest BCUT2D eigenvalue weighted by Gasteiger charge is -2.46. The molecule has 0 spiro atoms. The third kappa shape index (κ3) is 4.71. The van der Waals surface area contributed by atoms with E-state index in [1.54, 1.807) is 4.90 Å². The molecule has 226 valence electrons. The Morgan fingerprint density at radius 3 is 2.42 bits per heavy atom. The van der Waals surface area contributed by atoms with Crippen molar-refractivity contribution in [1.82, 2.24) is 19.9 Å². The minimum Gasteiger partial charge on any atom is -0.447 e. The van der Waals surface area contributed by atoms with Gasteiger partial charge < -0.3 is 24.6 Å². The van der Waals surface area contributed by atoms with Crippen LogP contribution in [0.25, 0.3) is 0 Å². The van der Waals surface area contributed by atoms with Gasteiger partial charge in [0.1, 0.15) is 24.1 Å². The van der Waals surface area contributed by atoms with Gasteiger partial charge in [-0.15, -0.1) is 0 Å². The summed E-state index contributed by atoms with van der Waals surface area (Å²) in [5.74, 6) is 2.65. The number of carbonyl (C=O) groups excluding carboxylic acids is 1. The fourth-order valence-electron chi connectivity index (χ4n) is 7.29. The van der Waals surface area contributed by atoms with Crippen LogP contribution < -0.4 is 15.1 Å². The van der Waals surface area contributed by atoms with Crippen LogP contribution in [0.15, 0.2) is 48.7 Å². The number of fused-ring (bicyclic) bond motifs is 3. The number of carbonyl (C=O) groups is 1. The molecule has 10 heteroatoms. The minimum atomic E-state index is -0.371. The zero-order valence-electron chi connectivity index (χ0n) is 25.9. The molecular weight excluding hydrogens is 542 g/mol. The quantitative estimate of drug-likeness (QED) is 0.416. The topological polar surface area (TPSA) is 96.0 Å². The van der Waals surface area contributed by atoms with Crippen molar-refractivity contribution >= 4 is 35.2 Å². The average molecular weight is 584 g/mol. The van der Waals surface area contributed by atoms with Gasteiger partial charge >= 0.3 is 6.09 Å². The Hall–Kier alpha value is -3.76. The number of likely N-dealkylation sites (tertiary alicyclic amines) is 1. The monoisotopic (exact) mass is 583 g/mol. The van der Waals surface area contributed by atoms with Gasteiger partial charge in [-0.05, 0) is 77.0 Å². The van der Waals surface area contributed by atoms with Crippen LogP contribution in [0.1, 0.15) is 58.6 Å². The molecule has 10 nitrogen and oxygen atoms in total. The van der Waals surface area contributed by atoms with Gasteiger partial charge in [-0.25, -0.2) is 14.8 Å². The van der Waals surface area contributed by atoms with Gasteiger partial charge in [0, 0.05) is 34.8 Å². The van der Waals surface area contributed by atoms with Crippen molar-refractivity contribution in [3.8, 4) is 0 Å². The molecular formula is C33H41N7O3. The summed E-state index contributed by atoms with van der Waals surface area (Å²) in [6.07, 6.45) is 3.51. The van der Waals surface area contributed by atoms with E-state index >= 15 is 0 Å². The number of hydrogen-bond acceptors (Lipinski definition) is 9. The number of nitrogens with zero attached hydrogens (tertiary/aromatic N) is 6. The first kappa shape index (κ1) is 28.0. The van der Waals surface area contributed by atoms with Crippen LogP contribution in [-0.4, -0.2) is 77.0 Å². The van der Waals surface area contributed by atoms with E-state index < -0.39 is 0 Å². The lowest BCUT2D eigenvalue weighted by Crippen LogP contribution is -2.54. The first-order chi connectivity index (χ1) is 20.5. The first-order valence-corrected chi connectivity index (χ1v) is 15.3. The Kier molecular flexibility index (Phi) is 6.45. The molecule has 4 aliphatic rings. The smallest absolute Gasteiger partial charge is 0.415 e. The van der Waals surface area contributed by atoms with Crippen molar-refractivity contribution in [3.05, 3.63) is 59.8 Å². The molecule has 0 bridgehead atoms. The number of aromatic nitrogens is 3. The second-order valence-electron chi connectivity index (χ2n) is 13.9. The summed E-state index contributed by atoms with van der Waals surface area (Å²) in [5.41, 5.74) is 2.87. The Morgan fingerprint density at radius 1 is 1.00 bits per heavy atom. The van der Waals surface area contributed by atoms with Crippen molar-refractivity contribution < 1.29 is 14.3 Å². The Balaban J connectivity index is 1.24. The third-order valence-corrected chi connectivity index (χ3v) is 9.91. The number of nitrogens with one attached hydrogen (secondary N) is 1. The van der Waals surface area contributed by atoms with Crippen LogP contribution >= 0.6 is 0 Å². The highest BCUT2D eigenvalue weighted by atomic mass is 16.6. The summed E-state index contributed by atoms with van der Waals surface area (Å²) in [6, 6.07) is 14.4. The summed E-state index contributed by atoms with van der Waals surface area (Å²) in [6.45, 7) is 13.9. The molecule has 3 fully saturated rings. The average Bonchev–Trinajstić information content (AvgIpc) is 3.59. The molecule has 2 aromatic heterocycles. The van der Waals surface area contributed by atoms with Crippen LogP contribution in [0.5, 0.6) is 0 Å². The number of hydrogen-bond donors (Lipinski definition) is 1. The van der Waals surface area contributed by atoms with Gasteiger partial charge in [0.05, 0.1) is 24.3 Å². The number of rotatable bonds is 5. The van der Waals surface area contributed by atoms with E-state index in [1.807, 2.05) is 31.3 Å². The van der Waals surface area contributed by atoms with Crippen molar-refractivity contribution in [3.63, 3.8) is 0 Å². The maximum atomic E-state index is 12.5. The standard InChI is InChI=1S/C33H41N7O3/c1-21-18-42-30(41)39(21)26-8-7-9-27(36-26)40-25-16-31(2,3)43-20-33(25,5)24-17-34-29(37-28(24)40)35-23-12-10-22(11-13-23)32(4)14-15-38(6)19-32/h7-13,17,21,25H,14-16,18-20H2,1-6H3,(H,34,35,37)/t21-,25-,32-,33-/m0/s1. The van der Waals surface area contributed by atoms with E-state index in [4.69, 9.17) is 24.4 Å². The molecule has 0 saturated carbocycles. The molecule has 1 aromatic carbocycles. The van der Waals surface area contributed by atoms with Crippen LogP contribution in [-0.2, 0) is 20.3 Å². The molecule has 1 amide bonds. The molecule has 0 aliphatic carbocycles. The molecule has 7 rings (SSSR count). The van der Waals surface area contributed by atoms with Gasteiger partial charge in [0.2, 0.25) is 5.95 Å². The van der Waals surface area contributed by atoms with E-state index in [0.717, 1.165) is 48.8 Å². The molecule has 3 saturated heterocycles. The molecule has 3 aromatic rings. The van der Waals surface area contributed by atoms with Gasteiger partial charge in [-0.2, -0.15) is 4.98 Å². The number of benzene rings is 1. The molecule has 0 radical (unpaired) electrons. The van der Waals surface area contributed by atoms with Crippen molar-refractivity contribution in [2.45, 2.75) is 76.0 Å². The number of anilines is 5. The number of amides is 1. The van der Waals surface area contributed by atoms with Crippen LogP contribution in [0.3, 0.4) is 0 Å². The lowest BCUT2D eigenvalue weighted by atomic mass is 9.73. The third-order valence-electron chi connectivity index (χ3n) is 9.91. The van der Waals surface area contributed by atoms with Crippen LogP contribution in [0, 0.1) is 0 Å². The zero-order chi connectivity index (χ0) is 30.1. The Morgan fingerprint density at radius 2 is 1.74 bits per heavy atom. The van der Waals surface area contributed by atoms with Crippen molar-refractivity contribution in [2.24, 2.45) is 0 Å². The summed E-state index contributed by atoms with van der Waals surface area (Å²) in [5, 5.41) is 3.44. The first-order valence-electron chi connectivity index (χ1n) is 15.3. The zero-order valence-corrected chi connectivity index (χ0v) is 25.9. The van der Waals surface area contributed by atoms with E-state index in [0.29, 0.717) is 25.0 Å². The van der Waals surface area contributed by atoms with Crippen LogP contribution in [0.2, 0.25) is 0 Å². The van der Waals surface area contributed by atoms with Crippen molar-refractivity contribution in [2.75, 3.05) is 48.5 Å². The highest BCUT2D eigenvalue weighted by Gasteiger charge is 2.55. The number of ether oxygens (including phenoxy) is 2. The Bertz CT molecular complexity index is 1560. The lowest BCUT2D eigenvalue weighted by molar-refractivity contribution is -0.0893. The minimum absolute atomic E-state index is 0.0473. The van der Waals surface area contributed by atoms with Gasteiger partial charge in [-0.1, -0.05) is 32.0 Å². The van der Waals surface area contributed by atoms with Crippen molar-refractivity contribution in [1.29, 1.82) is 0 Å². The maximum Gasteiger partial charge on any atom is 0.415 e. The van der Waals surface area contributed by atoms with Crippen LogP contribution in [0.4, 0.5) is 33.9 Å². The number of likely N-dealkylation sites (N-methyl/N-ethyl adjacent to an activating group) is 1. The summed E-state index contributed by atoms with van der Waals surface area (Å²) in [7, 11) is 2.19. The highest BCUT2D eigenvalue weighted by Crippen LogP contribution is 2.53. The summed E-state index contributed by atoms with van der Waals surface area (Å²) in [4.78, 5) is 33.6. The SMILES string of the molecule is C[C@H]1COC(=O)N1c1cccc(N2c3nc(Nc4ccc([C@@]5(C)CCN(C)C5)cc4)ncc3[C@]3(C)COC(C)(C)C[C@H]23)n1. The molecule has 4 atom stereocenters. The van der Waals surface area contributed by atoms with Gasteiger partial charge in [-0.3, -0.25) is 4.90 Å². The molecule has 0 unspecified atom stereocenters. The fraction of sp³-hybridized carbons (Fsp3) is 0.515. The molecule has 4 aliphatic heterocycles. The normalized spacial score (nSPS) is 29.9.